The fraction of sp³-hybridized carbons (Fsp3) is 0.375. The topological polar surface area (TPSA) is 69.8 Å². The van der Waals surface area contributed by atoms with Crippen molar-refractivity contribution in [2.45, 2.75) is 24.8 Å². The van der Waals surface area contributed by atoms with Crippen molar-refractivity contribution in [3.63, 3.8) is 0 Å². The van der Waals surface area contributed by atoms with Crippen molar-refractivity contribution < 1.29 is 13.6 Å². The molecule has 122 valence electrons. The highest BCUT2D eigenvalue weighted by Crippen LogP contribution is 2.27. The van der Waals surface area contributed by atoms with Crippen LogP contribution >= 0.6 is 0 Å². The Kier molecular flexibility index (Phi) is 4.66. The van der Waals surface area contributed by atoms with E-state index in [0.29, 0.717) is 12.1 Å². The Morgan fingerprint density at radius 1 is 1.30 bits per heavy atom. The molecule has 0 saturated carbocycles. The van der Waals surface area contributed by atoms with E-state index < -0.39 is 11.6 Å². The molecule has 2 heterocycles. The molecule has 7 heteroatoms. The first-order chi connectivity index (χ1) is 11.1. The van der Waals surface area contributed by atoms with Crippen LogP contribution in [0, 0.1) is 11.6 Å². The Labute approximate surface area is 132 Å². The van der Waals surface area contributed by atoms with Gasteiger partial charge in [0.2, 0.25) is 5.91 Å². The second-order valence-electron chi connectivity index (χ2n) is 5.71. The lowest BCUT2D eigenvalue weighted by Crippen LogP contribution is -2.50. The van der Waals surface area contributed by atoms with Crippen molar-refractivity contribution in [1.82, 2.24) is 20.8 Å². The first-order valence-electron chi connectivity index (χ1n) is 7.57. The van der Waals surface area contributed by atoms with Gasteiger partial charge in [0, 0.05) is 30.4 Å². The fourth-order valence-electron chi connectivity index (χ4n) is 2.97. The van der Waals surface area contributed by atoms with Gasteiger partial charge in [-0.3, -0.25) is 9.89 Å². The minimum atomic E-state index is -0.859. The maximum Gasteiger partial charge on any atom is 0.226 e. The van der Waals surface area contributed by atoms with Crippen molar-refractivity contribution in [1.29, 1.82) is 0 Å². The second-order valence-corrected chi connectivity index (χ2v) is 5.71. The summed E-state index contributed by atoms with van der Waals surface area (Å²) in [6.07, 6.45) is 2.55. The number of hydrogen-bond acceptors (Lipinski definition) is 3. The molecule has 1 amide bonds. The maximum absolute atomic E-state index is 13.5. The van der Waals surface area contributed by atoms with Crippen molar-refractivity contribution in [3.8, 4) is 0 Å². The van der Waals surface area contributed by atoms with Gasteiger partial charge in [0.1, 0.15) is 0 Å². The molecular weight excluding hydrogens is 302 g/mol. The van der Waals surface area contributed by atoms with Crippen LogP contribution in [0.3, 0.4) is 0 Å². The largest absolute Gasteiger partial charge is 0.351 e. The molecule has 1 aliphatic rings. The van der Waals surface area contributed by atoms with E-state index in [4.69, 9.17) is 0 Å². The van der Waals surface area contributed by atoms with E-state index in [1.807, 2.05) is 0 Å². The Balaban J connectivity index is 1.70. The molecule has 5 nitrogen and oxygen atoms in total. The number of H-pyrrole nitrogens is 1. The Morgan fingerprint density at radius 2 is 2.17 bits per heavy atom. The smallest absolute Gasteiger partial charge is 0.226 e. The zero-order chi connectivity index (χ0) is 16.2. The number of hydrogen-bond donors (Lipinski definition) is 3. The van der Waals surface area contributed by atoms with Gasteiger partial charge in [-0.05, 0) is 36.7 Å². The molecule has 3 rings (SSSR count). The summed E-state index contributed by atoms with van der Waals surface area (Å²) in [6, 6.07) is 5.52. The maximum atomic E-state index is 13.5. The highest BCUT2D eigenvalue weighted by molar-refractivity contribution is 5.78. The molecule has 23 heavy (non-hydrogen) atoms. The Hall–Kier alpha value is -2.28. The van der Waals surface area contributed by atoms with Gasteiger partial charge in [-0.2, -0.15) is 5.10 Å². The van der Waals surface area contributed by atoms with E-state index >= 15 is 0 Å². The van der Waals surface area contributed by atoms with E-state index in [0.717, 1.165) is 24.7 Å². The summed E-state index contributed by atoms with van der Waals surface area (Å²) >= 11 is 0. The summed E-state index contributed by atoms with van der Waals surface area (Å²) in [5.74, 6) is -1.89. The van der Waals surface area contributed by atoms with E-state index in [1.165, 1.54) is 6.07 Å². The summed E-state index contributed by atoms with van der Waals surface area (Å²) in [6.45, 7) is 1.37. The fourth-order valence-corrected chi connectivity index (χ4v) is 2.97. The molecule has 0 radical (unpaired) electrons. The Morgan fingerprint density at radius 3 is 2.91 bits per heavy atom. The average molecular weight is 320 g/mol. The number of nitrogens with zero attached hydrogens (tertiary/aromatic N) is 1. The molecule has 1 aromatic carbocycles. The van der Waals surface area contributed by atoms with Crippen molar-refractivity contribution in [2.24, 2.45) is 0 Å². The first kappa shape index (κ1) is 15.6. The summed E-state index contributed by atoms with van der Waals surface area (Å²) < 4.78 is 26.6. The van der Waals surface area contributed by atoms with Gasteiger partial charge >= 0.3 is 0 Å². The van der Waals surface area contributed by atoms with E-state index in [2.05, 4.69) is 20.8 Å². The van der Waals surface area contributed by atoms with Crippen molar-refractivity contribution in [2.75, 3.05) is 13.1 Å². The lowest BCUT2D eigenvalue weighted by molar-refractivity contribution is -0.121. The third-order valence-electron chi connectivity index (χ3n) is 4.11. The van der Waals surface area contributed by atoms with Crippen LogP contribution in [0.15, 0.2) is 30.5 Å². The number of nitrogens with one attached hydrogen (secondary N) is 3. The van der Waals surface area contributed by atoms with Gasteiger partial charge in [0.15, 0.2) is 11.6 Å². The summed E-state index contributed by atoms with van der Waals surface area (Å²) in [5, 5.41) is 12.7. The van der Waals surface area contributed by atoms with E-state index in [1.54, 1.807) is 18.3 Å². The van der Waals surface area contributed by atoms with Crippen LogP contribution in [0.4, 0.5) is 8.78 Å². The first-order valence-corrected chi connectivity index (χ1v) is 7.57. The standard InChI is InChI=1S/C16H18F2N4O/c17-13-2-1-10(7-14(13)18)12-4-5-19-9-15(12)21-16(23)8-11-3-6-20-22-11/h1-3,6-7,12,15,19H,4-5,8-9H2,(H,20,22)(H,21,23). The summed E-state index contributed by atoms with van der Waals surface area (Å²) in [7, 11) is 0. The monoisotopic (exact) mass is 320 g/mol. The molecule has 2 atom stereocenters. The number of benzene rings is 1. The predicted octanol–water partition coefficient (Wildman–Crippen LogP) is 1.49. The minimum absolute atomic E-state index is 0.0444. The zero-order valence-corrected chi connectivity index (χ0v) is 12.5. The van der Waals surface area contributed by atoms with Crippen LogP contribution < -0.4 is 10.6 Å². The van der Waals surface area contributed by atoms with Gasteiger partial charge < -0.3 is 10.6 Å². The normalized spacial score (nSPS) is 21.1. The number of carbonyl (C=O) groups is 1. The molecule has 1 aliphatic heterocycles. The van der Waals surface area contributed by atoms with Crippen LogP contribution in [0.25, 0.3) is 0 Å². The van der Waals surface area contributed by atoms with Gasteiger partial charge in [-0.15, -0.1) is 0 Å². The van der Waals surface area contributed by atoms with Crippen LogP contribution in [0.5, 0.6) is 0 Å². The SMILES string of the molecule is O=C(Cc1ccn[nH]1)NC1CNCCC1c1ccc(F)c(F)c1. The van der Waals surface area contributed by atoms with E-state index in [-0.39, 0.29) is 24.3 Å². The lowest BCUT2D eigenvalue weighted by atomic mass is 9.86. The third kappa shape index (κ3) is 3.73. The molecule has 2 aromatic rings. The van der Waals surface area contributed by atoms with Gasteiger partial charge in [-0.25, -0.2) is 8.78 Å². The number of piperidine rings is 1. The predicted molar refractivity (Wildman–Crippen MR) is 80.8 cm³/mol. The number of amides is 1. The summed E-state index contributed by atoms with van der Waals surface area (Å²) in [4.78, 5) is 12.2. The number of aromatic amines is 1. The molecule has 3 N–H and O–H groups in total. The molecule has 1 aromatic heterocycles. The molecule has 0 spiro atoms. The van der Waals surface area contributed by atoms with Gasteiger partial charge in [0.25, 0.3) is 0 Å². The number of aromatic nitrogens is 2. The Bertz CT molecular complexity index is 675. The highest BCUT2D eigenvalue weighted by Gasteiger charge is 2.28. The second kappa shape index (κ2) is 6.87. The molecule has 1 saturated heterocycles. The van der Waals surface area contributed by atoms with Crippen LogP contribution in [-0.2, 0) is 11.2 Å². The lowest BCUT2D eigenvalue weighted by Gasteiger charge is -2.33. The zero-order valence-electron chi connectivity index (χ0n) is 12.5. The highest BCUT2D eigenvalue weighted by atomic mass is 19.2. The average Bonchev–Trinajstić information content (AvgIpc) is 3.03. The minimum Gasteiger partial charge on any atom is -0.351 e. The van der Waals surface area contributed by atoms with Gasteiger partial charge in [-0.1, -0.05) is 6.07 Å². The van der Waals surface area contributed by atoms with Gasteiger partial charge in [0.05, 0.1) is 6.42 Å². The van der Waals surface area contributed by atoms with E-state index in [9.17, 15) is 13.6 Å². The van der Waals surface area contributed by atoms with Crippen molar-refractivity contribution in [3.05, 3.63) is 53.4 Å². The van der Waals surface area contributed by atoms with Crippen LogP contribution in [0.1, 0.15) is 23.6 Å². The number of carbonyl (C=O) groups excluding carboxylic acids is 1. The number of halogens is 2. The van der Waals surface area contributed by atoms with Crippen LogP contribution in [-0.4, -0.2) is 35.2 Å². The molecular formula is C16H18F2N4O. The molecule has 0 bridgehead atoms. The molecule has 0 aliphatic carbocycles. The number of rotatable bonds is 4. The molecule has 1 fully saturated rings. The summed E-state index contributed by atoms with van der Waals surface area (Å²) in [5.41, 5.74) is 1.44. The van der Waals surface area contributed by atoms with Crippen molar-refractivity contribution >= 4 is 5.91 Å². The van der Waals surface area contributed by atoms with Crippen LogP contribution in [0.2, 0.25) is 0 Å². The molecule has 2 unspecified atom stereocenters. The quantitative estimate of drug-likeness (QED) is 0.799. The third-order valence-corrected chi connectivity index (χ3v) is 4.11.